The summed E-state index contributed by atoms with van der Waals surface area (Å²) in [6.07, 6.45) is 6.35. The van der Waals surface area contributed by atoms with Crippen molar-refractivity contribution in [3.63, 3.8) is 0 Å². The third kappa shape index (κ3) is 5.35. The monoisotopic (exact) mass is 141 g/mol. The molecule has 0 aromatic rings. The first-order valence-corrected chi connectivity index (χ1v) is 3.55. The Morgan fingerprint density at radius 1 is 1.60 bits per heavy atom. The smallest absolute Gasteiger partial charge is 0.106 e. The maximum atomic E-state index is 4.57. The Hall–Kier alpha value is -0.790. The molecule has 0 saturated heterocycles. The molecule has 10 heavy (non-hydrogen) atoms. The first kappa shape index (κ1) is 9.21. The first-order chi connectivity index (χ1) is 4.81. The van der Waals surface area contributed by atoms with E-state index in [1.165, 1.54) is 6.42 Å². The second-order valence-electron chi connectivity index (χ2n) is 2.11. The van der Waals surface area contributed by atoms with Crippen molar-refractivity contribution in [3.05, 3.63) is 12.2 Å². The molecule has 0 rings (SSSR count). The van der Waals surface area contributed by atoms with Crippen LogP contribution < -0.4 is 0 Å². The summed E-state index contributed by atoms with van der Waals surface area (Å²) >= 11 is 0. The van der Waals surface area contributed by atoms with Gasteiger partial charge in [0.2, 0.25) is 0 Å². The molecule has 2 nitrogen and oxygen atoms in total. The molecule has 0 aliphatic carbocycles. The molecule has 0 aromatic carbocycles. The Balaban J connectivity index is 3.55. The van der Waals surface area contributed by atoms with Crippen molar-refractivity contribution >= 4 is 5.71 Å². The van der Waals surface area contributed by atoms with Gasteiger partial charge in [0.05, 0.1) is 5.71 Å². The molecule has 2 heteroatoms. The molecule has 0 amide bonds. The topological polar surface area (TPSA) is 21.6 Å². The Labute approximate surface area is 62.6 Å². The Morgan fingerprint density at radius 3 is 2.80 bits per heavy atom. The molecule has 0 heterocycles. The number of unbranched alkanes of at least 4 members (excludes halogenated alkanes) is 1. The van der Waals surface area contributed by atoms with Crippen molar-refractivity contribution < 1.29 is 4.84 Å². The van der Waals surface area contributed by atoms with Gasteiger partial charge in [0.15, 0.2) is 0 Å². The van der Waals surface area contributed by atoms with Gasteiger partial charge in [-0.15, -0.1) is 0 Å². The zero-order valence-electron chi connectivity index (χ0n) is 6.92. The van der Waals surface area contributed by atoms with Crippen LogP contribution in [0.5, 0.6) is 0 Å². The summed E-state index contributed by atoms with van der Waals surface area (Å²) in [7, 11) is 1.55. The van der Waals surface area contributed by atoms with E-state index >= 15 is 0 Å². The zero-order valence-corrected chi connectivity index (χ0v) is 6.92. The van der Waals surface area contributed by atoms with Gasteiger partial charge in [-0.05, 0) is 19.4 Å². The van der Waals surface area contributed by atoms with Crippen LogP contribution >= 0.6 is 0 Å². The van der Waals surface area contributed by atoms with E-state index in [2.05, 4.69) is 23.0 Å². The largest absolute Gasteiger partial charge is 0.399 e. The van der Waals surface area contributed by atoms with E-state index in [1.807, 2.05) is 13.0 Å². The van der Waals surface area contributed by atoms with Crippen molar-refractivity contribution in [1.82, 2.24) is 0 Å². The molecule has 0 saturated carbocycles. The quantitative estimate of drug-likeness (QED) is 0.435. The maximum absolute atomic E-state index is 4.57. The van der Waals surface area contributed by atoms with Gasteiger partial charge in [-0.1, -0.05) is 24.6 Å². The highest BCUT2D eigenvalue weighted by Crippen LogP contribution is 1.89. The summed E-state index contributed by atoms with van der Waals surface area (Å²) in [5.41, 5.74) is 0.913. The third-order valence-electron chi connectivity index (χ3n) is 1.05. The molecule has 0 unspecified atom stereocenters. The molecular weight excluding hydrogens is 126 g/mol. The van der Waals surface area contributed by atoms with Gasteiger partial charge in [0, 0.05) is 0 Å². The lowest BCUT2D eigenvalue weighted by atomic mass is 10.3. The Bertz CT molecular complexity index is 127. The molecule has 0 aliphatic heterocycles. The molecule has 0 fully saturated rings. The minimum absolute atomic E-state index is 0.913. The molecule has 0 atom stereocenters. The molecule has 0 N–H and O–H groups in total. The van der Waals surface area contributed by atoms with Gasteiger partial charge < -0.3 is 4.84 Å². The fraction of sp³-hybridized carbons (Fsp3) is 0.625. The summed E-state index contributed by atoms with van der Waals surface area (Å²) in [4.78, 5) is 4.57. The van der Waals surface area contributed by atoms with Crippen LogP contribution in [0, 0.1) is 0 Å². The summed E-state index contributed by atoms with van der Waals surface area (Å²) in [6.45, 7) is 4.06. The second-order valence-corrected chi connectivity index (χ2v) is 2.11. The molecular formula is C8H15NO. The summed E-state index contributed by atoms with van der Waals surface area (Å²) in [5, 5.41) is 3.73. The van der Waals surface area contributed by atoms with E-state index in [-0.39, 0.29) is 0 Å². The van der Waals surface area contributed by atoms with E-state index < -0.39 is 0 Å². The number of rotatable bonds is 4. The van der Waals surface area contributed by atoms with Gasteiger partial charge in [0.1, 0.15) is 7.11 Å². The number of nitrogens with zero attached hydrogens (tertiary/aromatic N) is 1. The van der Waals surface area contributed by atoms with Crippen LogP contribution in [0.1, 0.15) is 26.7 Å². The minimum Gasteiger partial charge on any atom is -0.399 e. The highest BCUT2D eigenvalue weighted by molar-refractivity contribution is 5.92. The molecule has 0 spiro atoms. The van der Waals surface area contributed by atoms with Crippen molar-refractivity contribution in [2.45, 2.75) is 26.7 Å². The van der Waals surface area contributed by atoms with Crippen LogP contribution in [0.2, 0.25) is 0 Å². The fourth-order valence-electron chi connectivity index (χ4n) is 0.595. The lowest BCUT2D eigenvalue weighted by Crippen LogP contribution is -1.84. The Morgan fingerprint density at radius 2 is 2.30 bits per heavy atom. The summed E-state index contributed by atoms with van der Waals surface area (Å²) in [6, 6.07) is 0. The van der Waals surface area contributed by atoms with Crippen molar-refractivity contribution in [2.75, 3.05) is 7.11 Å². The summed E-state index contributed by atoms with van der Waals surface area (Å²) in [5.74, 6) is 0. The lowest BCUT2D eigenvalue weighted by molar-refractivity contribution is 0.213. The average Bonchev–Trinajstić information content (AvgIpc) is 1.89. The second kappa shape index (κ2) is 6.33. The van der Waals surface area contributed by atoms with E-state index in [0.717, 1.165) is 12.1 Å². The van der Waals surface area contributed by atoms with Gasteiger partial charge in [0.25, 0.3) is 0 Å². The highest BCUT2D eigenvalue weighted by Gasteiger charge is 1.80. The van der Waals surface area contributed by atoms with Crippen LogP contribution in [0.25, 0.3) is 0 Å². The van der Waals surface area contributed by atoms with Crippen molar-refractivity contribution in [1.29, 1.82) is 0 Å². The molecule has 0 bridgehead atoms. The summed E-state index contributed by atoms with van der Waals surface area (Å²) < 4.78 is 0. The van der Waals surface area contributed by atoms with Gasteiger partial charge in [-0.3, -0.25) is 0 Å². The van der Waals surface area contributed by atoms with E-state index in [4.69, 9.17) is 0 Å². The van der Waals surface area contributed by atoms with Crippen LogP contribution in [0.4, 0.5) is 0 Å². The normalized spacial score (nSPS) is 12.5. The van der Waals surface area contributed by atoms with Gasteiger partial charge in [-0.2, -0.15) is 0 Å². The molecule has 0 aliphatic rings. The standard InChI is InChI=1S/C8H15NO/c1-4-5-6-7-8(2)9-10-3/h6-7H,4-5H2,1-3H3/b7-6+,9-8+. The van der Waals surface area contributed by atoms with Crippen molar-refractivity contribution in [2.24, 2.45) is 5.16 Å². The number of hydrogen-bond donors (Lipinski definition) is 0. The number of allylic oxidation sites excluding steroid dienone is 2. The maximum Gasteiger partial charge on any atom is 0.106 e. The predicted octanol–water partition coefficient (Wildman–Crippen LogP) is 2.37. The lowest BCUT2D eigenvalue weighted by Gasteiger charge is -1.89. The van der Waals surface area contributed by atoms with Crippen LogP contribution in [0.15, 0.2) is 17.3 Å². The minimum atomic E-state index is 0.913. The fourth-order valence-corrected chi connectivity index (χ4v) is 0.595. The molecule has 58 valence electrons. The van der Waals surface area contributed by atoms with Crippen molar-refractivity contribution in [3.8, 4) is 0 Å². The number of hydrogen-bond acceptors (Lipinski definition) is 2. The van der Waals surface area contributed by atoms with Crippen LogP contribution in [-0.2, 0) is 4.84 Å². The first-order valence-electron chi connectivity index (χ1n) is 3.55. The van der Waals surface area contributed by atoms with E-state index in [1.54, 1.807) is 7.11 Å². The third-order valence-corrected chi connectivity index (χ3v) is 1.05. The van der Waals surface area contributed by atoms with E-state index in [9.17, 15) is 0 Å². The zero-order chi connectivity index (χ0) is 7.82. The van der Waals surface area contributed by atoms with E-state index in [0.29, 0.717) is 0 Å². The Kier molecular flexibility index (Phi) is 5.83. The van der Waals surface area contributed by atoms with Crippen LogP contribution in [0.3, 0.4) is 0 Å². The highest BCUT2D eigenvalue weighted by atomic mass is 16.6. The number of oxime groups is 1. The molecule has 0 aromatic heterocycles. The van der Waals surface area contributed by atoms with Crippen LogP contribution in [-0.4, -0.2) is 12.8 Å². The van der Waals surface area contributed by atoms with Gasteiger partial charge >= 0.3 is 0 Å². The molecule has 0 radical (unpaired) electrons. The predicted molar refractivity (Wildman–Crippen MR) is 44.2 cm³/mol. The van der Waals surface area contributed by atoms with Gasteiger partial charge in [-0.25, -0.2) is 0 Å². The average molecular weight is 141 g/mol. The SMILES string of the molecule is CCC/C=C/C(C)=N/OC.